The van der Waals surface area contributed by atoms with Crippen LogP contribution in [-0.2, 0) is 13.7 Å². The first kappa shape index (κ1) is 20.4. The van der Waals surface area contributed by atoms with Gasteiger partial charge in [0.05, 0.1) is 11.9 Å². The van der Waals surface area contributed by atoms with Gasteiger partial charge >= 0.3 is 0 Å². The zero-order chi connectivity index (χ0) is 22.5. The summed E-state index contributed by atoms with van der Waals surface area (Å²) in [6.07, 6.45) is 7.79. The molecule has 0 bridgehead atoms. The highest BCUT2D eigenvalue weighted by Gasteiger charge is 2.40. The maximum absolute atomic E-state index is 6.21. The first-order valence-corrected chi connectivity index (χ1v) is 11.7. The highest BCUT2D eigenvalue weighted by Crippen LogP contribution is 2.40. The predicted molar refractivity (Wildman–Crippen MR) is 130 cm³/mol. The first-order chi connectivity index (χ1) is 16.1. The van der Waals surface area contributed by atoms with Gasteiger partial charge in [0.15, 0.2) is 0 Å². The second-order valence-corrected chi connectivity index (χ2v) is 9.49. The van der Waals surface area contributed by atoms with E-state index in [2.05, 4.69) is 56.9 Å². The Bertz CT molecular complexity index is 1190. The number of benzene rings is 1. The molecule has 0 spiro atoms. The molecule has 7 heteroatoms. The SMILES string of the molecule is C=CC(C)N1CC(N2CC(c3ccc4c(c3)Nc3nccc(-c5cnn(C)c5)c3CO4)C2)C1. The van der Waals surface area contributed by atoms with Crippen molar-refractivity contribution in [2.75, 3.05) is 31.5 Å². The highest BCUT2D eigenvalue weighted by atomic mass is 16.5. The molecule has 1 aromatic carbocycles. The number of fused-ring (bicyclic) bond motifs is 2. The number of anilines is 2. The summed E-state index contributed by atoms with van der Waals surface area (Å²) in [6, 6.07) is 9.77. The second kappa shape index (κ2) is 8.01. The van der Waals surface area contributed by atoms with E-state index in [-0.39, 0.29) is 0 Å². The lowest BCUT2D eigenvalue weighted by Gasteiger charge is -2.53. The van der Waals surface area contributed by atoms with Crippen LogP contribution in [0.1, 0.15) is 24.0 Å². The van der Waals surface area contributed by atoms with E-state index >= 15 is 0 Å². The Balaban J connectivity index is 1.17. The Morgan fingerprint density at radius 1 is 1.21 bits per heavy atom. The van der Waals surface area contributed by atoms with E-state index < -0.39 is 0 Å². The largest absolute Gasteiger partial charge is 0.487 e. The smallest absolute Gasteiger partial charge is 0.143 e. The zero-order valence-corrected chi connectivity index (χ0v) is 19.2. The number of nitrogens with one attached hydrogen (secondary N) is 1. The second-order valence-electron chi connectivity index (χ2n) is 9.49. The fourth-order valence-corrected chi connectivity index (χ4v) is 5.10. The van der Waals surface area contributed by atoms with Gasteiger partial charge in [-0.15, -0.1) is 6.58 Å². The molecule has 2 saturated heterocycles. The van der Waals surface area contributed by atoms with E-state index in [1.807, 2.05) is 42.5 Å². The number of hydrogen-bond donors (Lipinski definition) is 1. The molecular formula is C26H30N6O. The Morgan fingerprint density at radius 2 is 2.06 bits per heavy atom. The van der Waals surface area contributed by atoms with E-state index in [0.29, 0.717) is 24.6 Å². The quantitative estimate of drug-likeness (QED) is 0.607. The average Bonchev–Trinajstić information content (AvgIpc) is 3.10. The van der Waals surface area contributed by atoms with E-state index in [9.17, 15) is 0 Å². The van der Waals surface area contributed by atoms with Crippen LogP contribution in [0.15, 0.2) is 55.5 Å². The third-order valence-electron chi connectivity index (χ3n) is 7.41. The number of nitrogens with zero attached hydrogens (tertiary/aromatic N) is 5. The van der Waals surface area contributed by atoms with Gasteiger partial charge < -0.3 is 10.1 Å². The predicted octanol–water partition coefficient (Wildman–Crippen LogP) is 3.78. The summed E-state index contributed by atoms with van der Waals surface area (Å²) in [5, 5.41) is 7.87. The zero-order valence-electron chi connectivity index (χ0n) is 19.2. The van der Waals surface area contributed by atoms with Crippen molar-refractivity contribution in [2.24, 2.45) is 7.05 Å². The minimum atomic E-state index is 0.476. The molecule has 0 aliphatic carbocycles. The lowest BCUT2D eigenvalue weighted by Crippen LogP contribution is -2.65. The topological polar surface area (TPSA) is 58.5 Å². The molecule has 6 rings (SSSR count). The Hall–Kier alpha value is -3.16. The molecule has 170 valence electrons. The molecule has 1 unspecified atom stereocenters. The number of hydrogen-bond acceptors (Lipinski definition) is 6. The van der Waals surface area contributed by atoms with Crippen molar-refractivity contribution in [3.05, 3.63) is 66.6 Å². The van der Waals surface area contributed by atoms with Crippen LogP contribution in [0.25, 0.3) is 11.1 Å². The molecule has 33 heavy (non-hydrogen) atoms. The van der Waals surface area contributed by atoms with E-state index in [1.165, 1.54) is 5.56 Å². The summed E-state index contributed by atoms with van der Waals surface area (Å²) in [6.45, 7) is 11.2. The maximum atomic E-state index is 6.21. The number of pyridine rings is 1. The number of aromatic nitrogens is 3. The van der Waals surface area contributed by atoms with Crippen LogP contribution >= 0.6 is 0 Å². The lowest BCUT2D eigenvalue weighted by molar-refractivity contribution is -0.0204. The van der Waals surface area contributed by atoms with Gasteiger partial charge in [0.25, 0.3) is 0 Å². The van der Waals surface area contributed by atoms with Crippen LogP contribution in [0.4, 0.5) is 11.5 Å². The standard InChI is InChI=1S/C26H30N6O/c1-4-17(2)31-14-21(15-31)32-12-20(13-32)18-5-6-25-24(9-18)29-26-23(16-33-25)22(7-8-27-26)19-10-28-30(3)11-19/h4-11,17,20-21H,1,12-16H2,2-3H3,(H,27,29). The van der Waals surface area contributed by atoms with Crippen LogP contribution in [0.2, 0.25) is 0 Å². The van der Waals surface area contributed by atoms with Crippen molar-refractivity contribution in [2.45, 2.75) is 31.5 Å². The van der Waals surface area contributed by atoms with Crippen LogP contribution in [-0.4, -0.2) is 62.8 Å². The van der Waals surface area contributed by atoms with E-state index in [0.717, 1.165) is 60.1 Å². The molecule has 0 amide bonds. The van der Waals surface area contributed by atoms with Crippen LogP contribution in [0.3, 0.4) is 0 Å². The van der Waals surface area contributed by atoms with Crippen molar-refractivity contribution < 1.29 is 4.74 Å². The average molecular weight is 443 g/mol. The van der Waals surface area contributed by atoms with Crippen LogP contribution in [0.5, 0.6) is 5.75 Å². The summed E-state index contributed by atoms with van der Waals surface area (Å²) in [4.78, 5) is 9.72. The Labute approximate surface area is 194 Å². The molecule has 3 aromatic rings. The van der Waals surface area contributed by atoms with E-state index in [1.54, 1.807) is 0 Å². The maximum Gasteiger partial charge on any atom is 0.143 e. The fraction of sp³-hybridized carbons (Fsp3) is 0.385. The minimum absolute atomic E-state index is 0.476. The number of rotatable bonds is 5. The van der Waals surface area contributed by atoms with Crippen molar-refractivity contribution in [3.63, 3.8) is 0 Å². The molecule has 3 aliphatic heterocycles. The summed E-state index contributed by atoms with van der Waals surface area (Å²) in [7, 11) is 1.93. The van der Waals surface area contributed by atoms with Crippen molar-refractivity contribution in [1.82, 2.24) is 24.6 Å². The fourth-order valence-electron chi connectivity index (χ4n) is 5.10. The van der Waals surface area contributed by atoms with Crippen molar-refractivity contribution in [3.8, 4) is 16.9 Å². The molecule has 0 saturated carbocycles. The monoisotopic (exact) mass is 442 g/mol. The Morgan fingerprint density at radius 3 is 2.82 bits per heavy atom. The van der Waals surface area contributed by atoms with Gasteiger partial charge in [-0.3, -0.25) is 14.5 Å². The molecule has 0 radical (unpaired) electrons. The van der Waals surface area contributed by atoms with Gasteiger partial charge in [-0.2, -0.15) is 5.10 Å². The molecule has 5 heterocycles. The minimum Gasteiger partial charge on any atom is -0.487 e. The van der Waals surface area contributed by atoms with Crippen molar-refractivity contribution in [1.29, 1.82) is 0 Å². The molecule has 3 aliphatic rings. The molecule has 2 aromatic heterocycles. The van der Waals surface area contributed by atoms with Gasteiger partial charge in [-0.25, -0.2) is 4.98 Å². The lowest BCUT2D eigenvalue weighted by atomic mass is 9.88. The van der Waals surface area contributed by atoms with Gasteiger partial charge in [0.2, 0.25) is 0 Å². The van der Waals surface area contributed by atoms with Gasteiger partial charge in [0.1, 0.15) is 18.2 Å². The molecule has 7 nitrogen and oxygen atoms in total. The first-order valence-electron chi connectivity index (χ1n) is 11.7. The van der Waals surface area contributed by atoms with Crippen molar-refractivity contribution >= 4 is 11.5 Å². The summed E-state index contributed by atoms with van der Waals surface area (Å²) < 4.78 is 8.02. The van der Waals surface area contributed by atoms with Gasteiger partial charge in [-0.05, 0) is 36.2 Å². The summed E-state index contributed by atoms with van der Waals surface area (Å²) in [5.74, 6) is 2.30. The molecular weight excluding hydrogens is 412 g/mol. The van der Waals surface area contributed by atoms with E-state index in [4.69, 9.17) is 4.74 Å². The number of aryl methyl sites for hydroxylation is 1. The Kier molecular flexibility index (Phi) is 4.96. The third kappa shape index (κ3) is 3.61. The van der Waals surface area contributed by atoms with Crippen LogP contribution in [0, 0.1) is 0 Å². The third-order valence-corrected chi connectivity index (χ3v) is 7.41. The number of ether oxygens (including phenoxy) is 1. The highest BCUT2D eigenvalue weighted by molar-refractivity contribution is 5.76. The summed E-state index contributed by atoms with van der Waals surface area (Å²) in [5.41, 5.74) is 5.59. The van der Waals surface area contributed by atoms with Gasteiger partial charge in [0, 0.05) is 74.7 Å². The molecule has 1 atom stereocenters. The van der Waals surface area contributed by atoms with Gasteiger partial charge in [-0.1, -0.05) is 12.1 Å². The van der Waals surface area contributed by atoms with Crippen LogP contribution < -0.4 is 10.1 Å². The number of likely N-dealkylation sites (tertiary alicyclic amines) is 2. The normalized spacial score (nSPS) is 19.8. The molecule has 2 fully saturated rings. The summed E-state index contributed by atoms with van der Waals surface area (Å²) >= 11 is 0. The molecule has 1 N–H and O–H groups in total.